The molecule has 0 aromatic heterocycles. The largest absolute Gasteiger partial charge is 0.0775 e. The fourth-order valence-corrected chi connectivity index (χ4v) is 15.9. The van der Waals surface area contributed by atoms with E-state index in [0.717, 1.165) is 57.8 Å². The van der Waals surface area contributed by atoms with Crippen LogP contribution in [0.4, 0.5) is 0 Å². The maximum atomic E-state index is 2.62. The molecule has 8 aromatic carbocycles. The molecular weight excluding hydrogens is 957 g/mol. The van der Waals surface area contributed by atoms with Gasteiger partial charge in [0.15, 0.2) is 0 Å². The number of benzene rings is 8. The third kappa shape index (κ3) is 14.9. The van der Waals surface area contributed by atoms with Crippen LogP contribution < -0.4 is 10.4 Å². The Morgan fingerprint density at radius 3 is 1.01 bits per heavy atom. The minimum Gasteiger partial charge on any atom is -0.0656 e. The molecule has 0 aliphatic carbocycles. The van der Waals surface area contributed by atoms with Crippen molar-refractivity contribution in [2.24, 2.45) is 0 Å². The quantitative estimate of drug-likeness (QED) is 0.0501. The lowest BCUT2D eigenvalue weighted by Gasteiger charge is -2.46. The summed E-state index contributed by atoms with van der Waals surface area (Å²) in [4.78, 5) is 0. The average molecular weight is 1050 g/mol. The average Bonchev–Trinajstić information content (AvgIpc) is 3.46. The molecule has 8 rings (SSSR count). The molecule has 77 heavy (non-hydrogen) atoms. The number of rotatable bonds is 25. The van der Waals surface area contributed by atoms with E-state index in [1.54, 1.807) is 0 Å². The summed E-state index contributed by atoms with van der Waals surface area (Å²) in [6, 6.07) is 88.9. The molecule has 0 N–H and O–H groups in total. The summed E-state index contributed by atoms with van der Waals surface area (Å²) >= 11 is 0. The molecule has 2 heteroatoms. The van der Waals surface area contributed by atoms with Gasteiger partial charge in [0.1, 0.15) is 0 Å². The van der Waals surface area contributed by atoms with E-state index in [2.05, 4.69) is 304 Å². The molecule has 8 aromatic rings. The second-order valence-electron chi connectivity index (χ2n) is 26.7. The molecule has 400 valence electrons. The maximum absolute atomic E-state index is 2.62. The molecule has 0 spiro atoms. The third-order valence-corrected chi connectivity index (χ3v) is 22.3. The Kier molecular flexibility index (Phi) is 18.5. The summed E-state index contributed by atoms with van der Waals surface area (Å²) in [5, 5.41) is 3.06. The van der Waals surface area contributed by atoms with Gasteiger partial charge in [-0.25, -0.2) is 0 Å². The van der Waals surface area contributed by atoms with Crippen molar-refractivity contribution in [2.75, 3.05) is 0 Å². The first-order chi connectivity index (χ1) is 36.8. The molecule has 0 amide bonds. The zero-order chi connectivity index (χ0) is 54.7. The Morgan fingerprint density at radius 1 is 0.338 bits per heavy atom. The highest BCUT2D eigenvalue weighted by molar-refractivity contribution is 6.89. The highest BCUT2D eigenvalue weighted by Gasteiger charge is 2.44. The van der Waals surface area contributed by atoms with Crippen LogP contribution in [-0.4, -0.2) is 16.1 Å². The molecule has 7 unspecified atom stereocenters. The van der Waals surface area contributed by atoms with Crippen molar-refractivity contribution in [1.82, 2.24) is 0 Å². The molecule has 0 heterocycles. The second kappa shape index (κ2) is 24.9. The van der Waals surface area contributed by atoms with Gasteiger partial charge in [-0.3, -0.25) is 0 Å². The van der Waals surface area contributed by atoms with Gasteiger partial charge in [-0.15, -0.1) is 0 Å². The van der Waals surface area contributed by atoms with Gasteiger partial charge in [-0.2, -0.15) is 0 Å². The molecule has 0 saturated heterocycles. The van der Waals surface area contributed by atoms with E-state index < -0.39 is 16.1 Å². The van der Waals surface area contributed by atoms with Crippen LogP contribution in [0.1, 0.15) is 148 Å². The van der Waals surface area contributed by atoms with E-state index in [1.165, 1.54) is 54.9 Å². The Balaban J connectivity index is 1.19. The van der Waals surface area contributed by atoms with Gasteiger partial charge in [0.25, 0.3) is 0 Å². The summed E-state index contributed by atoms with van der Waals surface area (Å²) in [6.07, 6.45) is 9.59. The van der Waals surface area contributed by atoms with Gasteiger partial charge >= 0.3 is 0 Å². The van der Waals surface area contributed by atoms with Gasteiger partial charge in [-0.1, -0.05) is 315 Å². The summed E-state index contributed by atoms with van der Waals surface area (Å²) in [5.41, 5.74) is 11.0. The van der Waals surface area contributed by atoms with Crippen LogP contribution in [0.2, 0.25) is 39.3 Å². The van der Waals surface area contributed by atoms with Crippen LogP contribution >= 0.6 is 0 Å². The van der Waals surface area contributed by atoms with Crippen molar-refractivity contribution in [2.45, 2.75) is 171 Å². The Bertz CT molecular complexity index is 3000. The first-order valence-corrected chi connectivity index (χ1v) is 36.3. The fourth-order valence-electron chi connectivity index (χ4n) is 13.5. The summed E-state index contributed by atoms with van der Waals surface area (Å²) in [7, 11) is -2.94. The zero-order valence-electron chi connectivity index (χ0n) is 49.0. The lowest BCUT2D eigenvalue weighted by atomic mass is 9.58. The Hall–Kier alpha value is -5.81. The first kappa shape index (κ1) is 57.4. The summed E-state index contributed by atoms with van der Waals surface area (Å²) < 4.78 is 0. The highest BCUT2D eigenvalue weighted by atomic mass is 28.3. The van der Waals surface area contributed by atoms with Crippen molar-refractivity contribution in [3.8, 4) is 0 Å². The van der Waals surface area contributed by atoms with Crippen molar-refractivity contribution in [1.29, 1.82) is 0 Å². The molecule has 0 aliphatic heterocycles. The van der Waals surface area contributed by atoms with Gasteiger partial charge in [0, 0.05) is 0 Å². The first-order valence-electron chi connectivity index (χ1n) is 29.3. The van der Waals surface area contributed by atoms with Crippen molar-refractivity contribution >= 4 is 26.5 Å². The van der Waals surface area contributed by atoms with E-state index in [0.29, 0.717) is 17.8 Å². The number of hydrogen-bond acceptors (Lipinski definition) is 0. The summed E-state index contributed by atoms with van der Waals surface area (Å²) in [5.74, 6) is 1.18. The smallest absolute Gasteiger partial charge is 0.0656 e. The fraction of sp³-hybridized carbons (Fsp3) is 0.360. The molecular formula is C75H92Si2. The predicted octanol–water partition coefficient (Wildman–Crippen LogP) is 19.6. The Morgan fingerprint density at radius 2 is 0.649 bits per heavy atom. The molecule has 7 atom stereocenters. The molecule has 0 nitrogen and oxygen atoms in total. The number of aryl methyl sites for hydroxylation is 1. The topological polar surface area (TPSA) is 0 Å². The van der Waals surface area contributed by atoms with Crippen molar-refractivity contribution in [3.05, 3.63) is 275 Å². The van der Waals surface area contributed by atoms with Crippen LogP contribution in [0.15, 0.2) is 231 Å². The van der Waals surface area contributed by atoms with Crippen LogP contribution in [0.3, 0.4) is 0 Å². The third-order valence-electron chi connectivity index (χ3n) is 18.2. The van der Waals surface area contributed by atoms with Gasteiger partial charge < -0.3 is 0 Å². The van der Waals surface area contributed by atoms with Crippen LogP contribution in [0.5, 0.6) is 0 Å². The van der Waals surface area contributed by atoms with E-state index in [1.807, 2.05) is 0 Å². The number of hydrogen-bond donors (Lipinski definition) is 0. The SMILES string of the molecule is CC(CC(CC(C)(CC(C)(CCC(C)(CC(C)(CC(CCc1ccccc1)c1ccc([Si](C)(C)C)cc1)c1ccccc1)c1ccccc1)c1ccccc1)c1ccccc1)c1ccc([Si](C)(C)C)cc1)c1ccccc1. The molecule has 0 bridgehead atoms. The Labute approximate surface area is 469 Å². The second-order valence-corrected chi connectivity index (χ2v) is 36.8. The van der Waals surface area contributed by atoms with E-state index in [9.17, 15) is 0 Å². The van der Waals surface area contributed by atoms with Crippen LogP contribution in [0.25, 0.3) is 0 Å². The van der Waals surface area contributed by atoms with E-state index >= 15 is 0 Å². The molecule has 0 fully saturated rings. The van der Waals surface area contributed by atoms with Gasteiger partial charge in [-0.05, 0) is 142 Å². The van der Waals surface area contributed by atoms with Crippen LogP contribution in [-0.2, 0) is 28.1 Å². The lowest BCUT2D eigenvalue weighted by molar-refractivity contribution is 0.211. The monoisotopic (exact) mass is 1050 g/mol. The van der Waals surface area contributed by atoms with Gasteiger partial charge in [0.2, 0.25) is 0 Å². The molecule has 0 saturated carbocycles. The zero-order valence-corrected chi connectivity index (χ0v) is 51.0. The maximum Gasteiger partial charge on any atom is 0.0775 e. The molecule has 0 aliphatic rings. The lowest BCUT2D eigenvalue weighted by Crippen LogP contribution is -2.39. The minimum atomic E-state index is -1.48. The van der Waals surface area contributed by atoms with Crippen LogP contribution in [0, 0.1) is 0 Å². The van der Waals surface area contributed by atoms with Gasteiger partial charge in [0.05, 0.1) is 16.1 Å². The standard InChI is InChI=1S/C75H92Si2/c1-59(61-32-20-13-21-33-61)54-65(63-46-50-71(51-47-63)77(9,10)11)56-75(5,69-40-28-17-29-41-69)58-73(3,67-36-24-15-25-37-67)53-52-72(2,66-34-22-14-23-35-66)57-74(4,68-38-26-16-27-39-68)55-64(43-42-60-30-18-12-19-31-60)62-44-48-70(49-45-62)76(6,7)8/h12-41,44-51,59,64-65H,42-43,52-58H2,1-11H3. The predicted molar refractivity (Wildman–Crippen MR) is 341 cm³/mol. The van der Waals surface area contributed by atoms with Crippen molar-refractivity contribution < 1.29 is 0 Å². The van der Waals surface area contributed by atoms with Crippen molar-refractivity contribution in [3.63, 3.8) is 0 Å². The van der Waals surface area contributed by atoms with E-state index in [-0.39, 0.29) is 21.7 Å². The normalized spacial score (nSPS) is 16.5. The molecule has 0 radical (unpaired) electrons. The minimum absolute atomic E-state index is 0.125. The highest BCUT2D eigenvalue weighted by Crippen LogP contribution is 2.52. The summed E-state index contributed by atoms with van der Waals surface area (Å²) in [6.45, 7) is 27.7. The van der Waals surface area contributed by atoms with E-state index in [4.69, 9.17) is 0 Å².